The Labute approximate surface area is 122 Å². The highest BCUT2D eigenvalue weighted by Gasteiger charge is 2.30. The lowest BCUT2D eigenvalue weighted by molar-refractivity contribution is 0.0928. The van der Waals surface area contributed by atoms with Gasteiger partial charge >= 0.3 is 0 Å². The molecule has 2 atom stereocenters. The van der Waals surface area contributed by atoms with Gasteiger partial charge in [0, 0.05) is 29.9 Å². The molecule has 0 bridgehead atoms. The van der Waals surface area contributed by atoms with Crippen LogP contribution in [0, 0.1) is 0 Å². The second kappa shape index (κ2) is 5.40. The minimum Gasteiger partial charge on any atom is -0.493 e. The van der Waals surface area contributed by atoms with Crippen molar-refractivity contribution >= 4 is 11.7 Å². The zero-order valence-corrected chi connectivity index (χ0v) is 11.6. The molecule has 3 N–H and O–H groups in total. The summed E-state index contributed by atoms with van der Waals surface area (Å²) in [6, 6.07) is 7.76. The van der Waals surface area contributed by atoms with Crippen LogP contribution in [0.4, 0.5) is 5.82 Å². The summed E-state index contributed by atoms with van der Waals surface area (Å²) in [5, 5.41) is 2.92. The minimum absolute atomic E-state index is 0.0949. The number of nitrogens with zero attached hydrogens (tertiary/aromatic N) is 2. The number of fused-ring (bicyclic) bond motifs is 1. The number of benzene rings is 1. The van der Waals surface area contributed by atoms with Crippen molar-refractivity contribution in [2.45, 2.75) is 18.9 Å². The molecular weight excluding hydrogens is 268 g/mol. The van der Waals surface area contributed by atoms with Gasteiger partial charge in [-0.25, -0.2) is 9.97 Å². The molecule has 2 unspecified atom stereocenters. The molecule has 21 heavy (non-hydrogen) atoms. The number of ether oxygens (including phenoxy) is 1. The quantitative estimate of drug-likeness (QED) is 0.888. The first-order chi connectivity index (χ1) is 10.2. The number of para-hydroxylation sites is 1. The molecule has 0 fully saturated rings. The smallest absolute Gasteiger partial charge is 0.273 e. The molecule has 3 rings (SSSR count). The Morgan fingerprint density at radius 1 is 1.38 bits per heavy atom. The second-order valence-electron chi connectivity index (χ2n) is 5.01. The minimum atomic E-state index is -0.322. The standard InChI is InChI=1S/C15H16N4O2/c1-9(11-8-21-12-5-3-2-4-10(11)12)19-15(20)13-14(16)18-7-6-17-13/h2-7,9,11H,8H2,1H3,(H2,16,18)(H,19,20). The number of carbonyl (C=O) groups excluding carboxylic acids is 1. The van der Waals surface area contributed by atoms with Crippen LogP contribution in [-0.4, -0.2) is 28.5 Å². The van der Waals surface area contributed by atoms with Gasteiger partial charge in [-0.2, -0.15) is 0 Å². The average molecular weight is 284 g/mol. The maximum absolute atomic E-state index is 12.2. The third-order valence-corrected chi connectivity index (χ3v) is 3.64. The number of amides is 1. The van der Waals surface area contributed by atoms with E-state index >= 15 is 0 Å². The number of anilines is 1. The van der Waals surface area contributed by atoms with Crippen LogP contribution < -0.4 is 15.8 Å². The van der Waals surface area contributed by atoms with Crippen molar-refractivity contribution in [3.63, 3.8) is 0 Å². The summed E-state index contributed by atoms with van der Waals surface area (Å²) in [6.07, 6.45) is 2.90. The van der Waals surface area contributed by atoms with Gasteiger partial charge in [0.2, 0.25) is 0 Å². The van der Waals surface area contributed by atoms with E-state index < -0.39 is 0 Å². The summed E-state index contributed by atoms with van der Waals surface area (Å²) in [4.78, 5) is 20.1. The fourth-order valence-corrected chi connectivity index (χ4v) is 2.50. The van der Waals surface area contributed by atoms with E-state index in [0.29, 0.717) is 6.61 Å². The van der Waals surface area contributed by atoms with Crippen LogP contribution >= 0.6 is 0 Å². The highest BCUT2D eigenvalue weighted by Crippen LogP contribution is 2.35. The summed E-state index contributed by atoms with van der Waals surface area (Å²) < 4.78 is 5.64. The largest absolute Gasteiger partial charge is 0.493 e. The monoisotopic (exact) mass is 284 g/mol. The van der Waals surface area contributed by atoms with E-state index in [-0.39, 0.29) is 29.4 Å². The number of hydrogen-bond donors (Lipinski definition) is 2. The maximum Gasteiger partial charge on any atom is 0.273 e. The van der Waals surface area contributed by atoms with E-state index in [9.17, 15) is 4.79 Å². The van der Waals surface area contributed by atoms with Gasteiger partial charge in [-0.3, -0.25) is 4.79 Å². The second-order valence-corrected chi connectivity index (χ2v) is 5.01. The van der Waals surface area contributed by atoms with Crippen molar-refractivity contribution in [1.82, 2.24) is 15.3 Å². The van der Waals surface area contributed by atoms with Gasteiger partial charge in [-0.05, 0) is 13.0 Å². The van der Waals surface area contributed by atoms with Crippen LogP contribution in [0.1, 0.15) is 28.9 Å². The highest BCUT2D eigenvalue weighted by atomic mass is 16.5. The number of aromatic nitrogens is 2. The predicted octanol–water partition coefficient (Wildman–Crippen LogP) is 1.35. The Balaban J connectivity index is 1.75. The molecular formula is C15H16N4O2. The van der Waals surface area contributed by atoms with Gasteiger partial charge in [0.05, 0.1) is 6.61 Å². The lowest BCUT2D eigenvalue weighted by atomic mass is 9.94. The van der Waals surface area contributed by atoms with Gasteiger partial charge in [0.15, 0.2) is 11.5 Å². The summed E-state index contributed by atoms with van der Waals surface area (Å²) >= 11 is 0. The van der Waals surface area contributed by atoms with E-state index in [1.807, 2.05) is 31.2 Å². The lowest BCUT2D eigenvalue weighted by Crippen LogP contribution is -2.38. The number of nitrogens with two attached hydrogens (primary N) is 1. The Morgan fingerprint density at radius 2 is 2.14 bits per heavy atom. The Kier molecular flexibility index (Phi) is 3.43. The first kappa shape index (κ1) is 13.4. The van der Waals surface area contributed by atoms with Crippen molar-refractivity contribution in [3.8, 4) is 5.75 Å². The molecule has 2 heterocycles. The van der Waals surface area contributed by atoms with E-state index in [2.05, 4.69) is 15.3 Å². The van der Waals surface area contributed by atoms with Crippen molar-refractivity contribution < 1.29 is 9.53 Å². The molecule has 1 aliphatic heterocycles. The fourth-order valence-electron chi connectivity index (χ4n) is 2.50. The Bertz CT molecular complexity index is 674. The van der Waals surface area contributed by atoms with Crippen molar-refractivity contribution in [1.29, 1.82) is 0 Å². The zero-order chi connectivity index (χ0) is 14.8. The van der Waals surface area contributed by atoms with Crippen molar-refractivity contribution in [3.05, 3.63) is 47.9 Å². The van der Waals surface area contributed by atoms with E-state index in [0.717, 1.165) is 11.3 Å². The number of nitrogen functional groups attached to an aromatic ring is 1. The Hall–Kier alpha value is -2.63. The van der Waals surface area contributed by atoms with Crippen LogP contribution in [-0.2, 0) is 0 Å². The number of rotatable bonds is 3. The fraction of sp³-hybridized carbons (Fsp3) is 0.267. The van der Waals surface area contributed by atoms with Gasteiger partial charge in [0.25, 0.3) is 5.91 Å². The van der Waals surface area contributed by atoms with Gasteiger partial charge in [0.1, 0.15) is 5.75 Å². The predicted molar refractivity (Wildman–Crippen MR) is 78.1 cm³/mol. The molecule has 108 valence electrons. The van der Waals surface area contributed by atoms with Crippen LogP contribution in [0.5, 0.6) is 5.75 Å². The molecule has 0 radical (unpaired) electrons. The van der Waals surface area contributed by atoms with E-state index in [4.69, 9.17) is 10.5 Å². The molecule has 0 aliphatic carbocycles. The number of carbonyl (C=O) groups is 1. The highest BCUT2D eigenvalue weighted by molar-refractivity contribution is 5.96. The molecule has 6 nitrogen and oxygen atoms in total. The van der Waals surface area contributed by atoms with Gasteiger partial charge < -0.3 is 15.8 Å². The molecule has 0 spiro atoms. The van der Waals surface area contributed by atoms with Gasteiger partial charge in [-0.1, -0.05) is 18.2 Å². The van der Waals surface area contributed by atoms with E-state index in [1.165, 1.54) is 12.4 Å². The summed E-state index contributed by atoms with van der Waals surface area (Å²) in [6.45, 7) is 2.50. The normalized spacial score (nSPS) is 17.7. The van der Waals surface area contributed by atoms with Crippen molar-refractivity contribution in [2.24, 2.45) is 0 Å². The Morgan fingerprint density at radius 3 is 2.95 bits per heavy atom. The molecule has 1 aromatic carbocycles. The van der Waals surface area contributed by atoms with Crippen LogP contribution in [0.3, 0.4) is 0 Å². The molecule has 2 aromatic rings. The third kappa shape index (κ3) is 2.52. The average Bonchev–Trinajstić information content (AvgIpc) is 2.91. The SMILES string of the molecule is CC(NC(=O)c1nccnc1N)C1COc2ccccc21. The third-order valence-electron chi connectivity index (χ3n) is 3.64. The molecule has 0 saturated carbocycles. The zero-order valence-electron chi connectivity index (χ0n) is 11.6. The number of hydrogen-bond acceptors (Lipinski definition) is 5. The lowest BCUT2D eigenvalue weighted by Gasteiger charge is -2.19. The van der Waals surface area contributed by atoms with Crippen molar-refractivity contribution in [2.75, 3.05) is 12.3 Å². The molecule has 0 saturated heterocycles. The topological polar surface area (TPSA) is 90.1 Å². The van der Waals surface area contributed by atoms with Crippen LogP contribution in [0.25, 0.3) is 0 Å². The maximum atomic E-state index is 12.2. The molecule has 1 amide bonds. The van der Waals surface area contributed by atoms with Crippen LogP contribution in [0.2, 0.25) is 0 Å². The molecule has 1 aromatic heterocycles. The molecule has 1 aliphatic rings. The van der Waals surface area contributed by atoms with Gasteiger partial charge in [-0.15, -0.1) is 0 Å². The first-order valence-corrected chi connectivity index (χ1v) is 6.76. The van der Waals surface area contributed by atoms with Crippen LogP contribution in [0.15, 0.2) is 36.7 Å². The molecule has 6 heteroatoms. The summed E-state index contributed by atoms with van der Waals surface area (Å²) in [5.74, 6) is 0.799. The van der Waals surface area contributed by atoms with E-state index in [1.54, 1.807) is 0 Å². The number of nitrogens with one attached hydrogen (secondary N) is 1. The summed E-state index contributed by atoms with van der Waals surface area (Å²) in [7, 11) is 0. The first-order valence-electron chi connectivity index (χ1n) is 6.76. The summed E-state index contributed by atoms with van der Waals surface area (Å²) in [5.41, 5.74) is 6.93.